The summed E-state index contributed by atoms with van der Waals surface area (Å²) in [7, 11) is 0. The van der Waals surface area contributed by atoms with Gasteiger partial charge in [0.25, 0.3) is 0 Å². The van der Waals surface area contributed by atoms with Crippen molar-refractivity contribution in [2.75, 3.05) is 13.2 Å². The SMILES string of the molecule is Cc1cccc(CNC2COC(C)(C)OC2)n1. The van der Waals surface area contributed by atoms with Crippen LogP contribution in [-0.4, -0.2) is 30.0 Å². The molecular formula is C13H20N2O2. The maximum atomic E-state index is 5.58. The first-order valence-corrected chi connectivity index (χ1v) is 5.99. The van der Waals surface area contributed by atoms with Crippen molar-refractivity contribution in [3.8, 4) is 0 Å². The maximum Gasteiger partial charge on any atom is 0.162 e. The summed E-state index contributed by atoms with van der Waals surface area (Å²) in [6.07, 6.45) is 0. The molecule has 0 saturated carbocycles. The summed E-state index contributed by atoms with van der Waals surface area (Å²) in [5.74, 6) is -0.445. The highest BCUT2D eigenvalue weighted by Crippen LogP contribution is 2.16. The number of hydrogen-bond acceptors (Lipinski definition) is 4. The van der Waals surface area contributed by atoms with Crippen LogP contribution in [0, 0.1) is 6.92 Å². The molecule has 0 radical (unpaired) electrons. The van der Waals surface area contributed by atoms with Gasteiger partial charge >= 0.3 is 0 Å². The van der Waals surface area contributed by atoms with Crippen LogP contribution in [0.15, 0.2) is 18.2 Å². The molecule has 0 bridgehead atoms. The van der Waals surface area contributed by atoms with E-state index in [9.17, 15) is 0 Å². The van der Waals surface area contributed by atoms with Gasteiger partial charge in [0.2, 0.25) is 0 Å². The molecule has 1 aromatic rings. The molecule has 1 aliphatic rings. The fraction of sp³-hybridized carbons (Fsp3) is 0.615. The zero-order valence-electron chi connectivity index (χ0n) is 10.7. The molecule has 4 nitrogen and oxygen atoms in total. The Hall–Kier alpha value is -0.970. The van der Waals surface area contributed by atoms with Crippen LogP contribution in [0.2, 0.25) is 0 Å². The van der Waals surface area contributed by atoms with Gasteiger partial charge in [-0.1, -0.05) is 6.07 Å². The van der Waals surface area contributed by atoms with Crippen molar-refractivity contribution in [2.24, 2.45) is 0 Å². The summed E-state index contributed by atoms with van der Waals surface area (Å²) in [4.78, 5) is 4.44. The van der Waals surface area contributed by atoms with E-state index in [0.717, 1.165) is 17.9 Å². The summed E-state index contributed by atoms with van der Waals surface area (Å²) in [5, 5.41) is 3.39. The van der Waals surface area contributed by atoms with Crippen LogP contribution >= 0.6 is 0 Å². The molecule has 0 aliphatic carbocycles. The molecule has 0 spiro atoms. The Kier molecular flexibility index (Phi) is 3.76. The molecule has 2 rings (SSSR count). The Bertz CT molecular complexity index is 369. The van der Waals surface area contributed by atoms with Crippen LogP contribution in [0.4, 0.5) is 0 Å². The third kappa shape index (κ3) is 3.77. The van der Waals surface area contributed by atoms with E-state index in [-0.39, 0.29) is 6.04 Å². The van der Waals surface area contributed by atoms with Crippen molar-refractivity contribution in [1.29, 1.82) is 0 Å². The van der Waals surface area contributed by atoms with E-state index in [4.69, 9.17) is 9.47 Å². The highest BCUT2D eigenvalue weighted by molar-refractivity contribution is 5.09. The van der Waals surface area contributed by atoms with Crippen molar-refractivity contribution < 1.29 is 9.47 Å². The van der Waals surface area contributed by atoms with Gasteiger partial charge in [0.15, 0.2) is 5.79 Å². The molecular weight excluding hydrogens is 216 g/mol. The lowest BCUT2D eigenvalue weighted by atomic mass is 10.2. The van der Waals surface area contributed by atoms with Crippen molar-refractivity contribution in [1.82, 2.24) is 10.3 Å². The zero-order chi connectivity index (χ0) is 12.3. The number of pyridine rings is 1. The van der Waals surface area contributed by atoms with Gasteiger partial charge in [0.05, 0.1) is 24.9 Å². The second kappa shape index (κ2) is 5.12. The predicted molar refractivity (Wildman–Crippen MR) is 65.6 cm³/mol. The number of rotatable bonds is 3. The van der Waals surface area contributed by atoms with Crippen molar-refractivity contribution >= 4 is 0 Å². The molecule has 0 aromatic carbocycles. The highest BCUT2D eigenvalue weighted by atomic mass is 16.7. The second-order valence-corrected chi connectivity index (χ2v) is 4.87. The first kappa shape index (κ1) is 12.5. The molecule has 94 valence electrons. The van der Waals surface area contributed by atoms with Gasteiger partial charge < -0.3 is 14.8 Å². The molecule has 1 aliphatic heterocycles. The number of ether oxygens (including phenoxy) is 2. The lowest BCUT2D eigenvalue weighted by molar-refractivity contribution is -0.253. The van der Waals surface area contributed by atoms with Crippen LogP contribution in [0.25, 0.3) is 0 Å². The predicted octanol–water partition coefficient (Wildman–Crippen LogP) is 1.63. The van der Waals surface area contributed by atoms with Crippen LogP contribution in [0.1, 0.15) is 25.2 Å². The number of nitrogens with zero attached hydrogens (tertiary/aromatic N) is 1. The van der Waals surface area contributed by atoms with Gasteiger partial charge in [-0.25, -0.2) is 0 Å². The van der Waals surface area contributed by atoms with E-state index in [2.05, 4.69) is 10.3 Å². The van der Waals surface area contributed by atoms with Gasteiger partial charge in [-0.3, -0.25) is 4.98 Å². The quantitative estimate of drug-likeness (QED) is 0.866. The molecule has 2 heterocycles. The van der Waals surface area contributed by atoms with Gasteiger partial charge in [0, 0.05) is 12.2 Å². The van der Waals surface area contributed by atoms with E-state index in [1.165, 1.54) is 0 Å². The fourth-order valence-corrected chi connectivity index (χ4v) is 1.76. The summed E-state index contributed by atoms with van der Waals surface area (Å²) < 4.78 is 11.2. The Morgan fingerprint density at radius 3 is 2.71 bits per heavy atom. The topological polar surface area (TPSA) is 43.4 Å². The lowest BCUT2D eigenvalue weighted by Crippen LogP contribution is -2.48. The van der Waals surface area contributed by atoms with Crippen molar-refractivity contribution in [3.05, 3.63) is 29.6 Å². The molecule has 17 heavy (non-hydrogen) atoms. The third-order valence-electron chi connectivity index (χ3n) is 2.78. The number of hydrogen-bond donors (Lipinski definition) is 1. The molecule has 4 heteroatoms. The summed E-state index contributed by atoms with van der Waals surface area (Å²) >= 11 is 0. The molecule has 0 unspecified atom stereocenters. The number of nitrogens with one attached hydrogen (secondary N) is 1. The Labute approximate surface area is 102 Å². The average molecular weight is 236 g/mol. The lowest BCUT2D eigenvalue weighted by Gasteiger charge is -2.35. The molecule has 1 N–H and O–H groups in total. The Morgan fingerprint density at radius 1 is 1.35 bits per heavy atom. The smallest absolute Gasteiger partial charge is 0.162 e. The van der Waals surface area contributed by atoms with Gasteiger partial charge in [-0.2, -0.15) is 0 Å². The zero-order valence-corrected chi connectivity index (χ0v) is 10.7. The van der Waals surface area contributed by atoms with E-state index in [0.29, 0.717) is 13.2 Å². The summed E-state index contributed by atoms with van der Waals surface area (Å²) in [6, 6.07) is 6.29. The molecule has 0 amide bonds. The summed E-state index contributed by atoms with van der Waals surface area (Å²) in [5.41, 5.74) is 2.09. The Balaban J connectivity index is 1.80. The minimum absolute atomic E-state index is 0.241. The number of aromatic nitrogens is 1. The largest absolute Gasteiger partial charge is 0.349 e. The van der Waals surface area contributed by atoms with Crippen molar-refractivity contribution in [3.63, 3.8) is 0 Å². The van der Waals surface area contributed by atoms with Crippen LogP contribution in [0.3, 0.4) is 0 Å². The highest BCUT2D eigenvalue weighted by Gasteiger charge is 2.27. The second-order valence-electron chi connectivity index (χ2n) is 4.87. The number of aryl methyl sites for hydroxylation is 1. The fourth-order valence-electron chi connectivity index (χ4n) is 1.76. The minimum atomic E-state index is -0.445. The van der Waals surface area contributed by atoms with E-state index in [1.807, 2.05) is 39.0 Å². The van der Waals surface area contributed by atoms with E-state index >= 15 is 0 Å². The molecule has 1 aromatic heterocycles. The molecule has 0 atom stereocenters. The normalized spacial score (nSPS) is 20.4. The van der Waals surface area contributed by atoms with E-state index < -0.39 is 5.79 Å². The van der Waals surface area contributed by atoms with Gasteiger partial charge in [0.1, 0.15) is 0 Å². The third-order valence-corrected chi connectivity index (χ3v) is 2.78. The van der Waals surface area contributed by atoms with Gasteiger partial charge in [-0.15, -0.1) is 0 Å². The monoisotopic (exact) mass is 236 g/mol. The summed E-state index contributed by atoms with van der Waals surface area (Å²) in [6.45, 7) is 7.98. The van der Waals surface area contributed by atoms with Crippen LogP contribution in [0.5, 0.6) is 0 Å². The molecule has 1 fully saturated rings. The van der Waals surface area contributed by atoms with Gasteiger partial charge in [-0.05, 0) is 32.9 Å². The standard InChI is InChI=1S/C13H20N2O2/c1-10-5-4-6-11(15-10)7-14-12-8-16-13(2,3)17-9-12/h4-6,12,14H,7-9H2,1-3H3. The first-order chi connectivity index (χ1) is 8.05. The maximum absolute atomic E-state index is 5.58. The van der Waals surface area contributed by atoms with Crippen LogP contribution < -0.4 is 5.32 Å². The average Bonchev–Trinajstić information content (AvgIpc) is 2.28. The Morgan fingerprint density at radius 2 is 2.06 bits per heavy atom. The van der Waals surface area contributed by atoms with Crippen LogP contribution in [-0.2, 0) is 16.0 Å². The molecule has 1 saturated heterocycles. The van der Waals surface area contributed by atoms with E-state index in [1.54, 1.807) is 0 Å². The first-order valence-electron chi connectivity index (χ1n) is 5.99. The minimum Gasteiger partial charge on any atom is -0.349 e. The van der Waals surface area contributed by atoms with Crippen molar-refractivity contribution in [2.45, 2.75) is 39.1 Å².